The number of aromatic hydroxyl groups is 1. The summed E-state index contributed by atoms with van der Waals surface area (Å²) in [6.45, 7) is 5.24. The van der Waals surface area contributed by atoms with Gasteiger partial charge in [0, 0.05) is 17.5 Å². The van der Waals surface area contributed by atoms with Gasteiger partial charge in [-0.25, -0.2) is 9.67 Å². The van der Waals surface area contributed by atoms with Crippen LogP contribution in [-0.4, -0.2) is 25.8 Å². The van der Waals surface area contributed by atoms with Crippen LogP contribution >= 0.6 is 0 Å². The number of pyridine rings is 1. The monoisotopic (exact) mass is 404 g/mol. The number of carbonyl (C=O) groups excluding carboxylic acids is 1. The van der Waals surface area contributed by atoms with E-state index in [1.54, 1.807) is 32.0 Å². The lowest BCUT2D eigenvalue weighted by molar-refractivity contribution is -0.137. The van der Waals surface area contributed by atoms with Gasteiger partial charge in [-0.05, 0) is 50.6 Å². The van der Waals surface area contributed by atoms with Crippen molar-refractivity contribution < 1.29 is 23.1 Å². The predicted octanol–water partition coefficient (Wildman–Crippen LogP) is 4.10. The third kappa shape index (κ3) is 4.39. The highest BCUT2D eigenvalue weighted by molar-refractivity contribution is 5.93. The van der Waals surface area contributed by atoms with Gasteiger partial charge >= 0.3 is 6.18 Å². The van der Waals surface area contributed by atoms with Crippen LogP contribution in [0.25, 0.3) is 5.82 Å². The number of carbonyl (C=O) groups is 1. The third-order valence-corrected chi connectivity index (χ3v) is 4.50. The summed E-state index contributed by atoms with van der Waals surface area (Å²) in [7, 11) is 0. The molecular weight excluding hydrogens is 385 g/mol. The van der Waals surface area contributed by atoms with Gasteiger partial charge in [0.15, 0.2) is 5.82 Å². The summed E-state index contributed by atoms with van der Waals surface area (Å²) < 4.78 is 39.6. The Morgan fingerprint density at radius 3 is 2.48 bits per heavy atom. The molecule has 0 aliphatic carbocycles. The number of halogens is 3. The second-order valence-corrected chi connectivity index (χ2v) is 6.71. The van der Waals surface area contributed by atoms with Crippen LogP contribution in [0, 0.1) is 20.8 Å². The van der Waals surface area contributed by atoms with E-state index in [0.717, 1.165) is 17.8 Å². The molecular formula is C20H19F3N4O2. The molecule has 0 aliphatic heterocycles. The Labute approximate surface area is 165 Å². The molecule has 6 nitrogen and oxygen atoms in total. The molecule has 152 valence electrons. The van der Waals surface area contributed by atoms with Crippen molar-refractivity contribution in [3.63, 3.8) is 0 Å². The van der Waals surface area contributed by atoms with Gasteiger partial charge in [0.05, 0.1) is 23.4 Å². The first-order valence-electron chi connectivity index (χ1n) is 8.74. The zero-order chi connectivity index (χ0) is 21.3. The van der Waals surface area contributed by atoms with Gasteiger partial charge in [-0.1, -0.05) is 6.07 Å². The molecule has 2 heterocycles. The summed E-state index contributed by atoms with van der Waals surface area (Å²) in [6, 6.07) is 7.08. The highest BCUT2D eigenvalue weighted by atomic mass is 19.4. The molecule has 2 aromatic heterocycles. The van der Waals surface area contributed by atoms with Crippen molar-refractivity contribution in [2.75, 3.05) is 5.32 Å². The minimum Gasteiger partial charge on any atom is -0.506 e. The number of phenols is 1. The van der Waals surface area contributed by atoms with Gasteiger partial charge in [-0.15, -0.1) is 0 Å². The van der Waals surface area contributed by atoms with E-state index < -0.39 is 11.7 Å². The minimum atomic E-state index is -4.47. The van der Waals surface area contributed by atoms with Gasteiger partial charge in [-0.3, -0.25) is 4.79 Å². The Morgan fingerprint density at radius 2 is 1.90 bits per heavy atom. The van der Waals surface area contributed by atoms with Crippen LogP contribution in [0.2, 0.25) is 0 Å². The smallest absolute Gasteiger partial charge is 0.417 e. The lowest BCUT2D eigenvalue weighted by Crippen LogP contribution is -2.15. The number of phenolic OH excluding ortho intramolecular Hbond substituents is 1. The molecule has 0 spiro atoms. The second-order valence-electron chi connectivity index (χ2n) is 6.71. The molecule has 0 saturated carbocycles. The zero-order valence-corrected chi connectivity index (χ0v) is 16.0. The quantitative estimate of drug-likeness (QED) is 0.642. The Morgan fingerprint density at radius 1 is 1.17 bits per heavy atom. The summed E-state index contributed by atoms with van der Waals surface area (Å²) in [5.74, 6) is -0.159. The first-order valence-corrected chi connectivity index (χ1v) is 8.74. The Bertz CT molecular complexity index is 1060. The van der Waals surface area contributed by atoms with Crippen LogP contribution < -0.4 is 5.32 Å². The molecule has 0 bridgehead atoms. The zero-order valence-electron chi connectivity index (χ0n) is 16.0. The molecule has 1 aromatic carbocycles. The average Bonchev–Trinajstić information content (AvgIpc) is 2.92. The van der Waals surface area contributed by atoms with Crippen LogP contribution in [0.3, 0.4) is 0 Å². The number of benzene rings is 1. The normalized spacial score (nSPS) is 11.5. The number of nitrogens with one attached hydrogen (secondary N) is 1. The van der Waals surface area contributed by atoms with Crippen LogP contribution in [0.5, 0.6) is 5.75 Å². The summed E-state index contributed by atoms with van der Waals surface area (Å²) in [5.41, 5.74) is 2.10. The van der Waals surface area contributed by atoms with E-state index in [2.05, 4.69) is 15.4 Å². The van der Waals surface area contributed by atoms with Crippen LogP contribution in [0.4, 0.5) is 18.9 Å². The van der Waals surface area contributed by atoms with Gasteiger partial charge in [0.1, 0.15) is 5.75 Å². The molecule has 3 rings (SSSR count). The van der Waals surface area contributed by atoms with Crippen molar-refractivity contribution in [3.05, 3.63) is 64.6 Å². The first-order chi connectivity index (χ1) is 13.6. The van der Waals surface area contributed by atoms with Crippen LogP contribution in [-0.2, 0) is 17.4 Å². The topological polar surface area (TPSA) is 80.0 Å². The molecule has 29 heavy (non-hydrogen) atoms. The maximum absolute atomic E-state index is 12.7. The number of alkyl halides is 3. The maximum atomic E-state index is 12.7. The number of nitrogens with zero attached hydrogens (tertiary/aromatic N) is 3. The van der Waals surface area contributed by atoms with Gasteiger partial charge in [0.2, 0.25) is 5.91 Å². The molecule has 0 radical (unpaired) electrons. The van der Waals surface area contributed by atoms with Gasteiger partial charge in [0.25, 0.3) is 0 Å². The molecule has 3 aromatic rings. The van der Waals surface area contributed by atoms with E-state index in [-0.39, 0.29) is 23.9 Å². The van der Waals surface area contributed by atoms with E-state index in [0.29, 0.717) is 22.6 Å². The molecule has 0 unspecified atom stereocenters. The molecule has 0 atom stereocenters. The number of rotatable bonds is 4. The van der Waals surface area contributed by atoms with Crippen molar-refractivity contribution in [3.8, 4) is 11.6 Å². The van der Waals surface area contributed by atoms with E-state index in [9.17, 15) is 23.1 Å². The van der Waals surface area contributed by atoms with E-state index >= 15 is 0 Å². The fraction of sp³-hybridized carbons (Fsp3) is 0.250. The van der Waals surface area contributed by atoms with Crippen LogP contribution in [0.15, 0.2) is 36.5 Å². The minimum absolute atomic E-state index is 0.00832. The molecule has 2 N–H and O–H groups in total. The van der Waals surface area contributed by atoms with E-state index in [1.807, 2.05) is 6.92 Å². The SMILES string of the molecule is Cc1ccc(NC(=O)Cc2c(C)nn(-c3ccc(C(F)(F)F)cn3)c2C)c(O)c1. The lowest BCUT2D eigenvalue weighted by atomic mass is 10.1. The van der Waals surface area contributed by atoms with Gasteiger partial charge in [-0.2, -0.15) is 18.3 Å². The van der Waals surface area contributed by atoms with Gasteiger partial charge < -0.3 is 10.4 Å². The summed E-state index contributed by atoms with van der Waals surface area (Å²) in [4.78, 5) is 16.3. The maximum Gasteiger partial charge on any atom is 0.417 e. The average molecular weight is 404 g/mol. The summed E-state index contributed by atoms with van der Waals surface area (Å²) in [5, 5.41) is 16.9. The fourth-order valence-electron chi connectivity index (χ4n) is 2.94. The predicted molar refractivity (Wildman–Crippen MR) is 101 cm³/mol. The number of aryl methyl sites for hydroxylation is 2. The number of hydrogen-bond acceptors (Lipinski definition) is 4. The van der Waals surface area contributed by atoms with Crippen molar-refractivity contribution in [1.82, 2.24) is 14.8 Å². The molecule has 0 aliphatic rings. The van der Waals surface area contributed by atoms with Crippen molar-refractivity contribution in [2.24, 2.45) is 0 Å². The van der Waals surface area contributed by atoms with E-state index in [1.165, 1.54) is 10.7 Å². The lowest BCUT2D eigenvalue weighted by Gasteiger charge is -2.09. The molecule has 0 saturated heterocycles. The third-order valence-electron chi connectivity index (χ3n) is 4.50. The van der Waals surface area contributed by atoms with Crippen molar-refractivity contribution >= 4 is 11.6 Å². The van der Waals surface area contributed by atoms with Crippen LogP contribution in [0.1, 0.15) is 28.1 Å². The number of hydrogen-bond donors (Lipinski definition) is 2. The molecule has 1 amide bonds. The Hall–Kier alpha value is -3.36. The number of aromatic nitrogens is 3. The van der Waals surface area contributed by atoms with Crippen molar-refractivity contribution in [1.29, 1.82) is 0 Å². The number of amides is 1. The largest absolute Gasteiger partial charge is 0.506 e. The standard InChI is InChI=1S/C20H19F3N4O2/c1-11-4-6-16(17(28)8-11)25-19(29)9-15-12(2)26-27(13(15)3)18-7-5-14(10-24-18)20(21,22)23/h4-8,10,28H,9H2,1-3H3,(H,25,29). The Kier molecular flexibility index (Phi) is 5.32. The summed E-state index contributed by atoms with van der Waals surface area (Å²) in [6.07, 6.45) is -3.73. The van der Waals surface area contributed by atoms with E-state index in [4.69, 9.17) is 0 Å². The number of anilines is 1. The fourth-order valence-corrected chi connectivity index (χ4v) is 2.94. The highest BCUT2D eigenvalue weighted by Crippen LogP contribution is 2.29. The molecule has 9 heteroatoms. The first kappa shape index (κ1) is 20.4. The van der Waals surface area contributed by atoms with Crippen molar-refractivity contribution in [2.45, 2.75) is 33.4 Å². The highest BCUT2D eigenvalue weighted by Gasteiger charge is 2.30. The summed E-state index contributed by atoms with van der Waals surface area (Å²) >= 11 is 0. The second kappa shape index (κ2) is 7.57. The molecule has 0 fully saturated rings. The Balaban J connectivity index is 1.81.